The largest absolute Gasteiger partial charge is 0.382 e. The number of thiazole rings is 1. The summed E-state index contributed by atoms with van der Waals surface area (Å²) in [7, 11) is 0. The van der Waals surface area contributed by atoms with Crippen molar-refractivity contribution in [2.24, 2.45) is 0 Å². The second kappa shape index (κ2) is 7.11. The van der Waals surface area contributed by atoms with Gasteiger partial charge >= 0.3 is 0 Å². The van der Waals surface area contributed by atoms with Crippen LogP contribution in [0.2, 0.25) is 0 Å². The number of nitrogens with two attached hydrogens (primary N) is 1. The van der Waals surface area contributed by atoms with E-state index in [1.807, 2.05) is 4.90 Å². The van der Waals surface area contributed by atoms with Crippen molar-refractivity contribution in [2.75, 3.05) is 30.3 Å². The zero-order chi connectivity index (χ0) is 15.4. The minimum absolute atomic E-state index is 0.0535. The normalized spacial score (nSPS) is 19.4. The van der Waals surface area contributed by atoms with Gasteiger partial charge in [-0.3, -0.25) is 4.79 Å². The molecule has 0 aromatic carbocycles. The Kier molecular flexibility index (Phi) is 5.45. The molecular weight excluding hydrogens is 284 g/mol. The smallest absolute Gasteiger partial charge is 0.268 e. The molecule has 1 aromatic heterocycles. The minimum Gasteiger partial charge on any atom is -0.382 e. The van der Waals surface area contributed by atoms with Gasteiger partial charge in [-0.2, -0.15) is 0 Å². The summed E-state index contributed by atoms with van der Waals surface area (Å²) in [6, 6.07) is 0.290. The number of rotatable bonds is 4. The predicted molar refractivity (Wildman–Crippen MR) is 89.1 cm³/mol. The average molecular weight is 310 g/mol. The molecule has 118 valence electrons. The molecule has 1 saturated heterocycles. The number of nitrogen functional groups attached to an aromatic ring is 1. The molecule has 0 radical (unpaired) electrons. The fraction of sp³-hybridized carbons (Fsp3) is 0.733. The van der Waals surface area contributed by atoms with Gasteiger partial charge in [0.25, 0.3) is 5.91 Å². The van der Waals surface area contributed by atoms with Gasteiger partial charge in [-0.1, -0.05) is 24.2 Å². The lowest BCUT2D eigenvalue weighted by Gasteiger charge is -2.26. The Morgan fingerprint density at radius 1 is 1.38 bits per heavy atom. The molecule has 6 heteroatoms. The van der Waals surface area contributed by atoms with E-state index in [-0.39, 0.29) is 5.91 Å². The van der Waals surface area contributed by atoms with E-state index in [4.69, 9.17) is 5.73 Å². The molecule has 1 aliphatic rings. The van der Waals surface area contributed by atoms with Gasteiger partial charge in [0.15, 0.2) is 5.13 Å². The second-order valence-corrected chi connectivity index (χ2v) is 6.56. The van der Waals surface area contributed by atoms with E-state index in [1.54, 1.807) is 0 Å². The number of amides is 1. The van der Waals surface area contributed by atoms with Gasteiger partial charge in [-0.05, 0) is 33.6 Å². The first kappa shape index (κ1) is 16.1. The molecule has 21 heavy (non-hydrogen) atoms. The van der Waals surface area contributed by atoms with Crippen LogP contribution in [0.15, 0.2) is 0 Å². The third-order valence-corrected chi connectivity index (χ3v) is 5.30. The Bertz CT molecular complexity index is 484. The molecule has 0 aliphatic carbocycles. The van der Waals surface area contributed by atoms with E-state index in [0.717, 1.165) is 37.6 Å². The van der Waals surface area contributed by atoms with Crippen molar-refractivity contribution < 1.29 is 4.79 Å². The highest BCUT2D eigenvalue weighted by Gasteiger charge is 2.27. The number of likely N-dealkylation sites (tertiary alicyclic amines) is 1. The highest BCUT2D eigenvalue weighted by Crippen LogP contribution is 2.30. The number of nitrogens with zero attached hydrogens (tertiary/aromatic N) is 3. The standard InChI is InChI=1S/C15H26N4OS/c1-4-18(5-2)15-17-13(16)12(21-15)14(20)19-10-8-6-7-9-11(19)3/h11H,4-10,16H2,1-3H3. The van der Waals surface area contributed by atoms with E-state index in [9.17, 15) is 4.79 Å². The summed E-state index contributed by atoms with van der Waals surface area (Å²) in [6.07, 6.45) is 4.57. The third-order valence-electron chi connectivity index (χ3n) is 4.18. The Morgan fingerprint density at radius 3 is 2.76 bits per heavy atom. The molecule has 1 atom stereocenters. The molecular formula is C15H26N4OS. The number of aromatic nitrogens is 1. The summed E-state index contributed by atoms with van der Waals surface area (Å²) >= 11 is 1.43. The van der Waals surface area contributed by atoms with E-state index in [1.165, 1.54) is 24.2 Å². The monoisotopic (exact) mass is 310 g/mol. The van der Waals surface area contributed by atoms with E-state index >= 15 is 0 Å². The predicted octanol–water partition coefficient (Wildman–Crippen LogP) is 2.98. The maximum atomic E-state index is 12.8. The minimum atomic E-state index is 0.0535. The Balaban J connectivity index is 2.22. The third kappa shape index (κ3) is 3.48. The highest BCUT2D eigenvalue weighted by molar-refractivity contribution is 7.18. The molecule has 0 bridgehead atoms. The number of carbonyl (C=O) groups is 1. The van der Waals surface area contributed by atoms with Gasteiger partial charge in [0.1, 0.15) is 10.7 Å². The van der Waals surface area contributed by atoms with Gasteiger partial charge in [0.2, 0.25) is 0 Å². The van der Waals surface area contributed by atoms with Crippen LogP contribution < -0.4 is 10.6 Å². The van der Waals surface area contributed by atoms with Crippen LogP contribution in [-0.4, -0.2) is 41.5 Å². The summed E-state index contributed by atoms with van der Waals surface area (Å²) in [5.74, 6) is 0.432. The van der Waals surface area contributed by atoms with Crippen molar-refractivity contribution in [1.82, 2.24) is 9.88 Å². The molecule has 2 heterocycles. The Morgan fingerprint density at radius 2 is 2.10 bits per heavy atom. The lowest BCUT2D eigenvalue weighted by molar-refractivity contribution is 0.0703. The van der Waals surface area contributed by atoms with Crippen molar-refractivity contribution in [3.8, 4) is 0 Å². The average Bonchev–Trinajstić information content (AvgIpc) is 2.71. The van der Waals surface area contributed by atoms with Crippen LogP contribution >= 0.6 is 11.3 Å². The quantitative estimate of drug-likeness (QED) is 0.928. The van der Waals surface area contributed by atoms with Crippen LogP contribution in [0.3, 0.4) is 0 Å². The van der Waals surface area contributed by atoms with Crippen LogP contribution in [0.5, 0.6) is 0 Å². The maximum absolute atomic E-state index is 12.8. The highest BCUT2D eigenvalue weighted by atomic mass is 32.1. The number of hydrogen-bond donors (Lipinski definition) is 1. The molecule has 1 unspecified atom stereocenters. The second-order valence-electron chi connectivity index (χ2n) is 5.58. The van der Waals surface area contributed by atoms with Gasteiger partial charge in [0.05, 0.1) is 0 Å². The van der Waals surface area contributed by atoms with E-state index in [2.05, 4.69) is 30.7 Å². The Labute approximate surface area is 131 Å². The van der Waals surface area contributed by atoms with E-state index in [0.29, 0.717) is 16.7 Å². The van der Waals surface area contributed by atoms with Crippen LogP contribution in [0.1, 0.15) is 56.1 Å². The molecule has 2 N–H and O–H groups in total. The van der Waals surface area contributed by atoms with Crippen molar-refractivity contribution >= 4 is 28.2 Å². The van der Waals surface area contributed by atoms with Crippen LogP contribution in [-0.2, 0) is 0 Å². The summed E-state index contributed by atoms with van der Waals surface area (Å²) in [6.45, 7) is 8.87. The molecule has 0 saturated carbocycles. The molecule has 1 amide bonds. The zero-order valence-electron chi connectivity index (χ0n) is 13.3. The number of anilines is 2. The van der Waals surface area contributed by atoms with Crippen molar-refractivity contribution in [2.45, 2.75) is 52.5 Å². The maximum Gasteiger partial charge on any atom is 0.268 e. The molecule has 1 fully saturated rings. The summed E-state index contributed by atoms with van der Waals surface area (Å²) in [5.41, 5.74) is 6.01. The number of hydrogen-bond acceptors (Lipinski definition) is 5. The lowest BCUT2D eigenvalue weighted by atomic mass is 10.1. The molecule has 2 rings (SSSR count). The fourth-order valence-electron chi connectivity index (χ4n) is 2.81. The first-order valence-corrected chi connectivity index (χ1v) is 8.72. The fourth-order valence-corrected chi connectivity index (χ4v) is 3.88. The Hall–Kier alpha value is -1.30. The van der Waals surface area contributed by atoms with E-state index < -0.39 is 0 Å². The summed E-state index contributed by atoms with van der Waals surface area (Å²) in [5, 5.41) is 0.850. The number of carbonyl (C=O) groups excluding carboxylic acids is 1. The van der Waals surface area contributed by atoms with Crippen LogP contribution in [0, 0.1) is 0 Å². The first-order valence-electron chi connectivity index (χ1n) is 7.90. The van der Waals surface area contributed by atoms with Crippen molar-refractivity contribution in [3.63, 3.8) is 0 Å². The van der Waals surface area contributed by atoms with Gasteiger partial charge in [-0.15, -0.1) is 0 Å². The topological polar surface area (TPSA) is 62.5 Å². The summed E-state index contributed by atoms with van der Waals surface area (Å²) in [4.78, 5) is 21.9. The molecule has 0 spiro atoms. The van der Waals surface area contributed by atoms with Gasteiger partial charge in [0, 0.05) is 25.7 Å². The van der Waals surface area contributed by atoms with Crippen LogP contribution in [0.25, 0.3) is 0 Å². The van der Waals surface area contributed by atoms with Gasteiger partial charge < -0.3 is 15.5 Å². The first-order chi connectivity index (χ1) is 10.1. The molecule has 5 nitrogen and oxygen atoms in total. The van der Waals surface area contributed by atoms with Crippen molar-refractivity contribution in [1.29, 1.82) is 0 Å². The molecule has 1 aromatic rings. The summed E-state index contributed by atoms with van der Waals surface area (Å²) < 4.78 is 0. The lowest BCUT2D eigenvalue weighted by Crippen LogP contribution is -2.38. The van der Waals surface area contributed by atoms with Crippen LogP contribution in [0.4, 0.5) is 10.9 Å². The SMILES string of the molecule is CCN(CC)c1nc(N)c(C(=O)N2CCCCCC2C)s1. The van der Waals surface area contributed by atoms with Crippen molar-refractivity contribution in [3.05, 3.63) is 4.88 Å². The zero-order valence-corrected chi connectivity index (χ0v) is 14.1. The van der Waals surface area contributed by atoms with Gasteiger partial charge in [-0.25, -0.2) is 4.98 Å². The molecule has 1 aliphatic heterocycles.